The van der Waals surface area contributed by atoms with Gasteiger partial charge in [0, 0.05) is 5.56 Å². The topological polar surface area (TPSA) is 8.88 Å². The van der Waals surface area contributed by atoms with E-state index in [-0.39, 0.29) is 0 Å². The van der Waals surface area contributed by atoms with Crippen molar-refractivity contribution in [3.63, 3.8) is 0 Å². The maximum Gasteiger partial charge on any atom is 0.127 e. The van der Waals surface area contributed by atoms with Crippen molar-refractivity contribution < 1.29 is 9.80 Å². The van der Waals surface area contributed by atoms with Gasteiger partial charge in [0.15, 0.2) is 0 Å². The molecule has 1 aromatic carbocycles. The highest BCUT2D eigenvalue weighted by Gasteiger charge is 2.07. The predicted octanol–water partition coefficient (Wildman–Crippen LogP) is -0.537. The Bertz CT molecular complexity index is 332. The molecule has 0 aromatic heterocycles. The van der Waals surface area contributed by atoms with Crippen LogP contribution in [0.3, 0.4) is 0 Å². The minimum atomic E-state index is 1.14. The average molecular weight is 222 g/mol. The van der Waals surface area contributed by atoms with Crippen molar-refractivity contribution in [2.45, 2.75) is 20.4 Å². The van der Waals surface area contributed by atoms with E-state index < -0.39 is 0 Å². The van der Waals surface area contributed by atoms with Crippen molar-refractivity contribution in [2.24, 2.45) is 0 Å². The summed E-state index contributed by atoms with van der Waals surface area (Å²) < 4.78 is 0. The summed E-state index contributed by atoms with van der Waals surface area (Å²) in [7, 11) is 6.71. The molecule has 2 heteroatoms. The van der Waals surface area contributed by atoms with Crippen LogP contribution in [-0.2, 0) is 6.54 Å². The Morgan fingerprint density at radius 1 is 1.00 bits per heavy atom. The molecule has 1 unspecified atom stereocenters. The van der Waals surface area contributed by atoms with Crippen LogP contribution in [0, 0.1) is 13.8 Å². The summed E-state index contributed by atoms with van der Waals surface area (Å²) in [6.07, 6.45) is 0. The number of quaternary nitrogens is 2. The quantitative estimate of drug-likeness (QED) is 0.662. The summed E-state index contributed by atoms with van der Waals surface area (Å²) in [5.74, 6) is 0. The Balaban J connectivity index is 2.52. The third-order valence-corrected chi connectivity index (χ3v) is 3.04. The first-order chi connectivity index (χ1) is 7.49. The van der Waals surface area contributed by atoms with Gasteiger partial charge in [-0.1, -0.05) is 23.8 Å². The highest BCUT2D eigenvalue weighted by atomic mass is 15.1. The van der Waals surface area contributed by atoms with Gasteiger partial charge in [-0.25, -0.2) is 0 Å². The molecule has 90 valence electrons. The number of likely N-dealkylation sites (N-methyl/N-ethyl adjacent to an activating group) is 2. The van der Waals surface area contributed by atoms with Crippen LogP contribution in [0.15, 0.2) is 18.2 Å². The van der Waals surface area contributed by atoms with Crippen molar-refractivity contribution in [3.05, 3.63) is 34.9 Å². The van der Waals surface area contributed by atoms with Gasteiger partial charge in [-0.05, 0) is 19.4 Å². The summed E-state index contributed by atoms with van der Waals surface area (Å²) in [6.45, 7) is 7.97. The van der Waals surface area contributed by atoms with Crippen LogP contribution >= 0.6 is 0 Å². The van der Waals surface area contributed by atoms with Crippen molar-refractivity contribution in [1.82, 2.24) is 0 Å². The van der Waals surface area contributed by atoms with Crippen LogP contribution in [0.1, 0.15) is 16.7 Å². The van der Waals surface area contributed by atoms with Crippen LogP contribution in [0.25, 0.3) is 0 Å². The van der Waals surface area contributed by atoms with E-state index in [4.69, 9.17) is 0 Å². The number of benzene rings is 1. The Kier molecular flexibility index (Phi) is 4.97. The van der Waals surface area contributed by atoms with Gasteiger partial charge in [0.1, 0.15) is 19.6 Å². The van der Waals surface area contributed by atoms with E-state index in [9.17, 15) is 0 Å². The number of rotatable bonds is 5. The molecule has 16 heavy (non-hydrogen) atoms. The summed E-state index contributed by atoms with van der Waals surface area (Å²) in [5.41, 5.74) is 4.27. The van der Waals surface area contributed by atoms with Gasteiger partial charge in [0.25, 0.3) is 0 Å². The van der Waals surface area contributed by atoms with Crippen LogP contribution in [0.2, 0.25) is 0 Å². The molecule has 0 aliphatic rings. The molecule has 2 nitrogen and oxygen atoms in total. The number of hydrogen-bond acceptors (Lipinski definition) is 0. The molecular weight excluding hydrogens is 196 g/mol. The van der Waals surface area contributed by atoms with E-state index >= 15 is 0 Å². The van der Waals surface area contributed by atoms with Crippen LogP contribution in [-0.4, -0.2) is 34.2 Å². The monoisotopic (exact) mass is 222 g/mol. The van der Waals surface area contributed by atoms with Crippen LogP contribution < -0.4 is 9.80 Å². The van der Waals surface area contributed by atoms with Gasteiger partial charge in [-0.15, -0.1) is 0 Å². The lowest BCUT2D eigenvalue weighted by Gasteiger charge is -2.16. The molecule has 0 bridgehead atoms. The number of nitrogens with one attached hydrogen (secondary N) is 2. The van der Waals surface area contributed by atoms with Gasteiger partial charge in [-0.3, -0.25) is 0 Å². The third-order valence-electron chi connectivity index (χ3n) is 3.04. The summed E-state index contributed by atoms with van der Waals surface area (Å²) >= 11 is 0. The Labute approximate surface area is 99.9 Å². The molecule has 0 saturated carbocycles. The maximum absolute atomic E-state index is 2.28. The normalized spacial score (nSPS) is 13.1. The lowest BCUT2D eigenvalue weighted by Crippen LogP contribution is -3.15. The molecule has 0 heterocycles. The SMILES string of the molecule is Cc1ccc(C[NH+](C)CC[NH+](C)C)c(C)c1. The van der Waals surface area contributed by atoms with E-state index in [1.54, 1.807) is 4.90 Å². The molecule has 0 radical (unpaired) electrons. The first-order valence-electron chi connectivity index (χ1n) is 6.15. The van der Waals surface area contributed by atoms with Crippen LogP contribution in [0.4, 0.5) is 0 Å². The van der Waals surface area contributed by atoms with Crippen LogP contribution in [0.5, 0.6) is 0 Å². The van der Waals surface area contributed by atoms with E-state index in [0.717, 1.165) is 6.54 Å². The third kappa shape index (κ3) is 4.33. The second kappa shape index (κ2) is 6.02. The van der Waals surface area contributed by atoms with E-state index in [1.165, 1.54) is 34.7 Å². The smallest absolute Gasteiger partial charge is 0.127 e. The summed E-state index contributed by atoms with van der Waals surface area (Å²) in [4.78, 5) is 3.12. The molecule has 0 saturated heterocycles. The second-order valence-electron chi connectivity index (χ2n) is 5.27. The van der Waals surface area contributed by atoms with Gasteiger partial charge >= 0.3 is 0 Å². The summed E-state index contributed by atoms with van der Waals surface area (Å²) in [6, 6.07) is 6.77. The number of hydrogen-bond donors (Lipinski definition) is 2. The first kappa shape index (κ1) is 13.2. The van der Waals surface area contributed by atoms with E-state index in [2.05, 4.69) is 53.2 Å². The lowest BCUT2D eigenvalue weighted by molar-refractivity contribution is -0.937. The zero-order chi connectivity index (χ0) is 12.1. The molecule has 1 rings (SSSR count). The Morgan fingerprint density at radius 2 is 1.69 bits per heavy atom. The van der Waals surface area contributed by atoms with E-state index in [0.29, 0.717) is 0 Å². The minimum absolute atomic E-state index is 1.14. The molecule has 0 spiro atoms. The largest absolute Gasteiger partial charge is 0.335 e. The predicted molar refractivity (Wildman–Crippen MR) is 69.1 cm³/mol. The standard InChI is InChI=1S/C14H24N2/c1-12-6-7-14(13(2)10-12)11-16(5)9-8-15(3)4/h6-7,10H,8-9,11H2,1-5H3/p+2. The van der Waals surface area contributed by atoms with Gasteiger partial charge < -0.3 is 9.80 Å². The highest BCUT2D eigenvalue weighted by molar-refractivity contribution is 5.29. The molecular formula is C14H26N2+2. The lowest BCUT2D eigenvalue weighted by atomic mass is 10.1. The van der Waals surface area contributed by atoms with Crippen molar-refractivity contribution in [2.75, 3.05) is 34.2 Å². The van der Waals surface area contributed by atoms with E-state index in [1.807, 2.05) is 0 Å². The Hall–Kier alpha value is -0.860. The van der Waals surface area contributed by atoms with Gasteiger partial charge in [0.2, 0.25) is 0 Å². The fourth-order valence-electron chi connectivity index (χ4n) is 1.92. The minimum Gasteiger partial charge on any atom is -0.335 e. The van der Waals surface area contributed by atoms with Gasteiger partial charge in [0.05, 0.1) is 21.1 Å². The van der Waals surface area contributed by atoms with Crippen molar-refractivity contribution in [1.29, 1.82) is 0 Å². The average Bonchev–Trinajstić information content (AvgIpc) is 2.19. The fraction of sp³-hybridized carbons (Fsp3) is 0.571. The second-order valence-corrected chi connectivity index (χ2v) is 5.27. The Morgan fingerprint density at radius 3 is 2.25 bits per heavy atom. The molecule has 1 aromatic rings. The molecule has 0 aliphatic carbocycles. The summed E-state index contributed by atoms with van der Waals surface area (Å²) in [5, 5.41) is 0. The van der Waals surface area contributed by atoms with Crippen molar-refractivity contribution >= 4 is 0 Å². The molecule has 1 atom stereocenters. The zero-order valence-electron chi connectivity index (χ0n) is 11.4. The maximum atomic E-state index is 2.28. The molecule has 0 aliphatic heterocycles. The molecule has 0 amide bonds. The molecule has 0 fully saturated rings. The number of aryl methyl sites for hydroxylation is 2. The van der Waals surface area contributed by atoms with Crippen molar-refractivity contribution in [3.8, 4) is 0 Å². The van der Waals surface area contributed by atoms with Gasteiger partial charge in [-0.2, -0.15) is 0 Å². The highest BCUT2D eigenvalue weighted by Crippen LogP contribution is 2.08. The fourth-order valence-corrected chi connectivity index (χ4v) is 1.92. The first-order valence-corrected chi connectivity index (χ1v) is 6.15. The zero-order valence-corrected chi connectivity index (χ0v) is 11.4. The molecule has 2 N–H and O–H groups in total.